The van der Waals surface area contributed by atoms with Gasteiger partial charge < -0.3 is 5.32 Å². The molecule has 19 heavy (non-hydrogen) atoms. The highest BCUT2D eigenvalue weighted by atomic mass is 79.9. The van der Waals surface area contributed by atoms with Crippen molar-refractivity contribution in [2.24, 2.45) is 0 Å². The monoisotopic (exact) mass is 361 g/mol. The summed E-state index contributed by atoms with van der Waals surface area (Å²) in [4.78, 5) is 0. The van der Waals surface area contributed by atoms with Crippen LogP contribution in [0.1, 0.15) is 18.5 Å². The first kappa shape index (κ1) is 14.6. The molecule has 1 N–H and O–H groups in total. The number of hydrogen-bond donors (Lipinski definition) is 1. The Bertz CT molecular complexity index is 604. The molecular formula is C14H11BrCl2FN. The number of nitrogens with one attached hydrogen (secondary N) is 1. The molecule has 0 bridgehead atoms. The second kappa shape index (κ2) is 6.12. The Kier molecular flexibility index (Phi) is 4.71. The van der Waals surface area contributed by atoms with Crippen LogP contribution in [0.4, 0.5) is 10.1 Å². The Morgan fingerprint density at radius 2 is 1.79 bits per heavy atom. The molecule has 0 amide bonds. The molecule has 5 heteroatoms. The predicted octanol–water partition coefficient (Wildman–Crippen LogP) is 6.07. The van der Waals surface area contributed by atoms with E-state index >= 15 is 0 Å². The SMILES string of the molecule is CC(Nc1ccc(Cl)c(Br)c1)c1ccc(Cl)c(F)c1. The molecule has 0 spiro atoms. The van der Waals surface area contributed by atoms with Gasteiger partial charge >= 0.3 is 0 Å². The van der Waals surface area contributed by atoms with E-state index < -0.39 is 5.82 Å². The molecule has 0 saturated heterocycles. The smallest absolute Gasteiger partial charge is 0.142 e. The molecule has 1 nitrogen and oxygen atoms in total. The highest BCUT2D eigenvalue weighted by Crippen LogP contribution is 2.28. The maximum Gasteiger partial charge on any atom is 0.142 e. The van der Waals surface area contributed by atoms with Crippen LogP contribution in [-0.2, 0) is 0 Å². The largest absolute Gasteiger partial charge is 0.378 e. The van der Waals surface area contributed by atoms with E-state index in [0.717, 1.165) is 15.7 Å². The quantitative estimate of drug-likeness (QED) is 0.698. The lowest BCUT2D eigenvalue weighted by Gasteiger charge is -2.16. The third kappa shape index (κ3) is 3.62. The van der Waals surface area contributed by atoms with Crippen molar-refractivity contribution in [2.75, 3.05) is 5.32 Å². The molecule has 0 aliphatic carbocycles. The van der Waals surface area contributed by atoms with Gasteiger partial charge in [-0.3, -0.25) is 0 Å². The van der Waals surface area contributed by atoms with Gasteiger partial charge in [0.15, 0.2) is 0 Å². The summed E-state index contributed by atoms with van der Waals surface area (Å²) in [7, 11) is 0. The van der Waals surface area contributed by atoms with Gasteiger partial charge in [-0.05, 0) is 58.7 Å². The van der Waals surface area contributed by atoms with Crippen molar-refractivity contribution in [2.45, 2.75) is 13.0 Å². The summed E-state index contributed by atoms with van der Waals surface area (Å²) in [6.45, 7) is 1.95. The van der Waals surface area contributed by atoms with Crippen LogP contribution in [0.15, 0.2) is 40.9 Å². The number of rotatable bonds is 3. The number of anilines is 1. The predicted molar refractivity (Wildman–Crippen MR) is 82.6 cm³/mol. The second-order valence-corrected chi connectivity index (χ2v) is 5.84. The number of halogens is 4. The molecule has 0 aromatic heterocycles. The fourth-order valence-electron chi connectivity index (χ4n) is 1.70. The Balaban J connectivity index is 2.17. The summed E-state index contributed by atoms with van der Waals surface area (Å²) in [5.41, 5.74) is 1.73. The van der Waals surface area contributed by atoms with Gasteiger partial charge in [-0.25, -0.2) is 4.39 Å². The Labute approximate surface area is 129 Å². The van der Waals surface area contributed by atoms with Crippen LogP contribution in [-0.4, -0.2) is 0 Å². The highest BCUT2D eigenvalue weighted by Gasteiger charge is 2.09. The lowest BCUT2D eigenvalue weighted by atomic mass is 10.1. The summed E-state index contributed by atoms with van der Waals surface area (Å²) in [5, 5.41) is 4.05. The van der Waals surface area contributed by atoms with Crippen molar-refractivity contribution in [3.05, 3.63) is 62.3 Å². The Morgan fingerprint density at radius 3 is 2.42 bits per heavy atom. The minimum atomic E-state index is -0.412. The van der Waals surface area contributed by atoms with Gasteiger partial charge in [0.25, 0.3) is 0 Å². The molecule has 0 aliphatic rings. The van der Waals surface area contributed by atoms with E-state index in [1.165, 1.54) is 6.07 Å². The van der Waals surface area contributed by atoms with Crippen LogP contribution in [0.5, 0.6) is 0 Å². The summed E-state index contributed by atoms with van der Waals surface area (Å²) in [6, 6.07) is 10.3. The van der Waals surface area contributed by atoms with Crippen LogP contribution in [0.25, 0.3) is 0 Å². The molecule has 2 aromatic rings. The minimum absolute atomic E-state index is 0.0418. The van der Waals surface area contributed by atoms with E-state index in [4.69, 9.17) is 23.2 Å². The van der Waals surface area contributed by atoms with Crippen LogP contribution >= 0.6 is 39.1 Å². The van der Waals surface area contributed by atoms with Crippen molar-refractivity contribution in [1.29, 1.82) is 0 Å². The molecule has 1 atom stereocenters. The summed E-state index contributed by atoms with van der Waals surface area (Å²) in [6.07, 6.45) is 0. The topological polar surface area (TPSA) is 12.0 Å². The van der Waals surface area contributed by atoms with E-state index in [1.54, 1.807) is 18.2 Å². The van der Waals surface area contributed by atoms with Gasteiger partial charge in [0.2, 0.25) is 0 Å². The zero-order valence-corrected chi connectivity index (χ0v) is 13.2. The molecule has 1 unspecified atom stereocenters. The number of benzene rings is 2. The Hall–Kier alpha value is -0.770. The van der Waals surface area contributed by atoms with E-state index in [2.05, 4.69) is 21.2 Å². The standard InChI is InChI=1S/C14H11BrCl2FN/c1-8(9-2-4-13(17)14(18)6-9)19-10-3-5-12(16)11(15)7-10/h2-8,19H,1H3. The van der Waals surface area contributed by atoms with Crippen molar-refractivity contribution in [1.82, 2.24) is 0 Å². The molecule has 0 radical (unpaired) electrons. The second-order valence-electron chi connectivity index (χ2n) is 4.17. The van der Waals surface area contributed by atoms with Crippen molar-refractivity contribution < 1.29 is 4.39 Å². The van der Waals surface area contributed by atoms with Crippen LogP contribution in [0.3, 0.4) is 0 Å². The third-order valence-corrected chi connectivity index (χ3v) is 4.27. The molecule has 0 saturated carbocycles. The van der Waals surface area contributed by atoms with Crippen molar-refractivity contribution in [3.8, 4) is 0 Å². The molecule has 100 valence electrons. The maximum atomic E-state index is 13.4. The van der Waals surface area contributed by atoms with E-state index in [-0.39, 0.29) is 11.1 Å². The van der Waals surface area contributed by atoms with Gasteiger partial charge in [-0.1, -0.05) is 29.3 Å². The van der Waals surface area contributed by atoms with Crippen LogP contribution in [0.2, 0.25) is 10.0 Å². The fraction of sp³-hybridized carbons (Fsp3) is 0.143. The lowest BCUT2D eigenvalue weighted by Crippen LogP contribution is -2.06. The highest BCUT2D eigenvalue weighted by molar-refractivity contribution is 9.10. The van der Waals surface area contributed by atoms with Crippen molar-refractivity contribution in [3.63, 3.8) is 0 Å². The van der Waals surface area contributed by atoms with Gasteiger partial charge in [0.1, 0.15) is 5.82 Å². The Morgan fingerprint density at radius 1 is 1.11 bits per heavy atom. The lowest BCUT2D eigenvalue weighted by molar-refractivity contribution is 0.624. The van der Waals surface area contributed by atoms with Gasteiger partial charge in [0.05, 0.1) is 10.0 Å². The van der Waals surface area contributed by atoms with E-state index in [1.807, 2.05) is 19.1 Å². The average molecular weight is 363 g/mol. The molecule has 0 heterocycles. The van der Waals surface area contributed by atoms with Crippen LogP contribution < -0.4 is 5.32 Å². The molecular weight excluding hydrogens is 352 g/mol. The molecule has 2 rings (SSSR count). The maximum absolute atomic E-state index is 13.4. The first-order chi connectivity index (χ1) is 8.97. The molecule has 0 aliphatic heterocycles. The van der Waals surface area contributed by atoms with Gasteiger partial charge in [-0.15, -0.1) is 0 Å². The molecule has 0 fully saturated rings. The van der Waals surface area contributed by atoms with E-state index in [9.17, 15) is 4.39 Å². The van der Waals surface area contributed by atoms with Gasteiger partial charge in [-0.2, -0.15) is 0 Å². The first-order valence-electron chi connectivity index (χ1n) is 5.64. The minimum Gasteiger partial charge on any atom is -0.378 e. The van der Waals surface area contributed by atoms with Crippen LogP contribution in [0, 0.1) is 5.82 Å². The molecule has 2 aromatic carbocycles. The average Bonchev–Trinajstić information content (AvgIpc) is 2.37. The van der Waals surface area contributed by atoms with E-state index in [0.29, 0.717) is 5.02 Å². The zero-order chi connectivity index (χ0) is 14.0. The summed E-state index contributed by atoms with van der Waals surface area (Å²) >= 11 is 15.0. The van der Waals surface area contributed by atoms with Gasteiger partial charge in [0, 0.05) is 16.2 Å². The first-order valence-corrected chi connectivity index (χ1v) is 7.19. The number of hydrogen-bond acceptors (Lipinski definition) is 1. The normalized spacial score (nSPS) is 12.3. The fourth-order valence-corrected chi connectivity index (χ4v) is 2.31. The summed E-state index contributed by atoms with van der Waals surface area (Å²) < 4.78 is 14.2. The third-order valence-electron chi connectivity index (χ3n) is 2.75. The summed E-state index contributed by atoms with van der Waals surface area (Å²) in [5.74, 6) is -0.412. The zero-order valence-electron chi connectivity index (χ0n) is 10.1. The van der Waals surface area contributed by atoms with Crippen molar-refractivity contribution >= 4 is 44.8 Å².